The maximum Gasteiger partial charge on any atom is 0.243 e. The minimum atomic E-state index is -3.70. The number of nitrogens with zero attached hydrogens (tertiary/aromatic N) is 1. The number of nitrogens with one attached hydrogen (secondary N) is 1. The predicted octanol–water partition coefficient (Wildman–Crippen LogP) is 2.90. The molecule has 23 heavy (non-hydrogen) atoms. The Hall–Kier alpha value is -1.11. The van der Waals surface area contributed by atoms with Gasteiger partial charge in [-0.05, 0) is 49.9 Å². The van der Waals surface area contributed by atoms with Crippen LogP contribution in [0.25, 0.3) is 0 Å². The SMILES string of the molecule is CC(C)CC[C@H](C)NC(=O)CN(C)S(=O)(=O)c1ccc(Cl)cc1. The molecule has 1 atom stereocenters. The predicted molar refractivity (Wildman–Crippen MR) is 92.9 cm³/mol. The largest absolute Gasteiger partial charge is 0.353 e. The second kappa shape index (κ2) is 8.66. The minimum absolute atomic E-state index is 0.0246. The molecule has 0 aromatic heterocycles. The first-order valence-electron chi connectivity index (χ1n) is 7.64. The number of sulfonamides is 1. The molecule has 0 unspecified atom stereocenters. The number of likely N-dealkylation sites (N-methyl/N-ethyl adjacent to an activating group) is 1. The van der Waals surface area contributed by atoms with Crippen molar-refractivity contribution in [3.8, 4) is 0 Å². The number of carbonyl (C=O) groups is 1. The lowest BCUT2D eigenvalue weighted by molar-refractivity contribution is -0.121. The van der Waals surface area contributed by atoms with E-state index >= 15 is 0 Å². The average molecular weight is 361 g/mol. The Morgan fingerprint density at radius 1 is 1.17 bits per heavy atom. The molecule has 0 saturated heterocycles. The van der Waals surface area contributed by atoms with Crippen molar-refractivity contribution in [2.24, 2.45) is 5.92 Å². The standard InChI is InChI=1S/C16H25ClN2O3S/c1-12(2)5-6-13(3)18-16(20)11-19(4)23(21,22)15-9-7-14(17)8-10-15/h7-10,12-13H,5-6,11H2,1-4H3,(H,18,20)/t13-/m0/s1. The summed E-state index contributed by atoms with van der Waals surface area (Å²) in [6.07, 6.45) is 1.89. The van der Waals surface area contributed by atoms with Gasteiger partial charge in [0.1, 0.15) is 0 Å². The Morgan fingerprint density at radius 3 is 2.26 bits per heavy atom. The molecule has 0 saturated carbocycles. The van der Waals surface area contributed by atoms with Gasteiger partial charge in [-0.3, -0.25) is 4.79 Å². The number of rotatable bonds is 8. The van der Waals surface area contributed by atoms with E-state index in [0.717, 1.165) is 17.1 Å². The van der Waals surface area contributed by atoms with Crippen LogP contribution in [-0.4, -0.2) is 38.3 Å². The van der Waals surface area contributed by atoms with Gasteiger partial charge in [-0.2, -0.15) is 4.31 Å². The third kappa shape index (κ3) is 6.49. The summed E-state index contributed by atoms with van der Waals surface area (Å²) in [5.74, 6) is 0.267. The van der Waals surface area contributed by atoms with Gasteiger partial charge < -0.3 is 5.32 Å². The lowest BCUT2D eigenvalue weighted by atomic mass is 10.0. The lowest BCUT2D eigenvalue weighted by Crippen LogP contribution is -2.41. The Labute approximate surface area is 144 Å². The van der Waals surface area contributed by atoms with Crippen molar-refractivity contribution in [3.63, 3.8) is 0 Å². The number of carbonyl (C=O) groups excluding carboxylic acids is 1. The summed E-state index contributed by atoms with van der Waals surface area (Å²) in [6.45, 7) is 5.97. The first kappa shape index (κ1) is 19.9. The molecule has 0 aliphatic rings. The van der Waals surface area contributed by atoms with Crippen molar-refractivity contribution in [1.82, 2.24) is 9.62 Å². The fourth-order valence-electron chi connectivity index (χ4n) is 2.05. The summed E-state index contributed by atoms with van der Waals surface area (Å²) < 4.78 is 25.8. The van der Waals surface area contributed by atoms with Crippen molar-refractivity contribution in [1.29, 1.82) is 0 Å². The molecule has 1 amide bonds. The Balaban J connectivity index is 2.62. The molecule has 7 heteroatoms. The summed E-state index contributed by atoms with van der Waals surface area (Å²) in [6, 6.07) is 5.90. The number of halogens is 1. The summed E-state index contributed by atoms with van der Waals surface area (Å²) in [5, 5.41) is 3.29. The van der Waals surface area contributed by atoms with Gasteiger partial charge in [-0.1, -0.05) is 25.4 Å². The molecule has 0 fully saturated rings. The summed E-state index contributed by atoms with van der Waals surface area (Å²) in [7, 11) is -2.31. The van der Waals surface area contributed by atoms with Gasteiger partial charge in [0.05, 0.1) is 11.4 Å². The Bertz CT molecular complexity index is 615. The smallest absolute Gasteiger partial charge is 0.243 e. The molecule has 0 spiro atoms. The third-order valence-corrected chi connectivity index (χ3v) is 5.54. The molecule has 0 aliphatic heterocycles. The van der Waals surface area contributed by atoms with E-state index in [1.54, 1.807) is 0 Å². The fraction of sp³-hybridized carbons (Fsp3) is 0.562. The number of hydrogen-bond acceptors (Lipinski definition) is 3. The van der Waals surface area contributed by atoms with E-state index in [1.165, 1.54) is 31.3 Å². The van der Waals surface area contributed by atoms with Crippen LogP contribution >= 0.6 is 11.6 Å². The van der Waals surface area contributed by atoms with E-state index in [-0.39, 0.29) is 23.4 Å². The normalized spacial score (nSPS) is 13.3. The van der Waals surface area contributed by atoms with Crippen molar-refractivity contribution < 1.29 is 13.2 Å². The quantitative estimate of drug-likeness (QED) is 0.775. The minimum Gasteiger partial charge on any atom is -0.353 e. The molecule has 1 aromatic rings. The number of amides is 1. The second-order valence-corrected chi connectivity index (χ2v) is 8.64. The van der Waals surface area contributed by atoms with E-state index < -0.39 is 10.0 Å². The first-order chi connectivity index (χ1) is 10.6. The molecule has 0 radical (unpaired) electrons. The van der Waals surface area contributed by atoms with Crippen LogP contribution in [0.15, 0.2) is 29.2 Å². The van der Waals surface area contributed by atoms with Gasteiger partial charge in [-0.25, -0.2) is 8.42 Å². The zero-order valence-electron chi connectivity index (χ0n) is 14.0. The van der Waals surface area contributed by atoms with Gasteiger partial charge in [0, 0.05) is 18.1 Å². The molecule has 1 N–H and O–H groups in total. The third-order valence-electron chi connectivity index (χ3n) is 3.47. The highest BCUT2D eigenvalue weighted by Gasteiger charge is 2.23. The maximum atomic E-state index is 12.4. The van der Waals surface area contributed by atoms with Crippen LogP contribution in [0.4, 0.5) is 0 Å². The van der Waals surface area contributed by atoms with Crippen LogP contribution in [0, 0.1) is 5.92 Å². The van der Waals surface area contributed by atoms with Crippen molar-refractivity contribution in [2.75, 3.05) is 13.6 Å². The molecular weight excluding hydrogens is 336 g/mol. The van der Waals surface area contributed by atoms with E-state index in [4.69, 9.17) is 11.6 Å². The van der Waals surface area contributed by atoms with Crippen molar-refractivity contribution >= 4 is 27.5 Å². The molecule has 1 aromatic carbocycles. The topological polar surface area (TPSA) is 66.5 Å². The van der Waals surface area contributed by atoms with Gasteiger partial charge in [0.25, 0.3) is 0 Å². The monoisotopic (exact) mass is 360 g/mol. The van der Waals surface area contributed by atoms with Crippen molar-refractivity contribution in [3.05, 3.63) is 29.3 Å². The van der Waals surface area contributed by atoms with Crippen LogP contribution in [0.2, 0.25) is 5.02 Å². The van der Waals surface area contributed by atoms with E-state index in [9.17, 15) is 13.2 Å². The Morgan fingerprint density at radius 2 is 1.74 bits per heavy atom. The van der Waals surface area contributed by atoms with E-state index in [2.05, 4.69) is 19.2 Å². The first-order valence-corrected chi connectivity index (χ1v) is 9.46. The van der Waals surface area contributed by atoms with E-state index in [1.807, 2.05) is 6.92 Å². The molecule has 1 rings (SSSR count). The van der Waals surface area contributed by atoms with Gasteiger partial charge >= 0.3 is 0 Å². The maximum absolute atomic E-state index is 12.4. The average Bonchev–Trinajstić information content (AvgIpc) is 2.45. The highest BCUT2D eigenvalue weighted by atomic mass is 35.5. The second-order valence-electron chi connectivity index (χ2n) is 6.15. The molecule has 130 valence electrons. The van der Waals surface area contributed by atoms with Gasteiger partial charge in [-0.15, -0.1) is 0 Å². The van der Waals surface area contributed by atoms with Crippen LogP contribution in [0.1, 0.15) is 33.6 Å². The molecule has 5 nitrogen and oxygen atoms in total. The molecule has 0 bridgehead atoms. The number of benzene rings is 1. The zero-order valence-corrected chi connectivity index (χ0v) is 15.6. The van der Waals surface area contributed by atoms with Gasteiger partial charge in [0.15, 0.2) is 0 Å². The summed E-state index contributed by atoms with van der Waals surface area (Å²) >= 11 is 5.76. The van der Waals surface area contributed by atoms with E-state index in [0.29, 0.717) is 10.9 Å². The van der Waals surface area contributed by atoms with Crippen LogP contribution in [0.3, 0.4) is 0 Å². The summed E-state index contributed by atoms with van der Waals surface area (Å²) in [4.78, 5) is 12.1. The van der Waals surface area contributed by atoms with Crippen LogP contribution < -0.4 is 5.32 Å². The molecular formula is C16H25ClN2O3S. The molecule has 0 aliphatic carbocycles. The summed E-state index contributed by atoms with van der Waals surface area (Å²) in [5.41, 5.74) is 0. The number of hydrogen-bond donors (Lipinski definition) is 1. The molecule has 0 heterocycles. The lowest BCUT2D eigenvalue weighted by Gasteiger charge is -2.19. The fourth-order valence-corrected chi connectivity index (χ4v) is 3.30. The van der Waals surface area contributed by atoms with Gasteiger partial charge in [0.2, 0.25) is 15.9 Å². The van der Waals surface area contributed by atoms with Crippen LogP contribution in [0.5, 0.6) is 0 Å². The Kier molecular flexibility index (Phi) is 7.51. The highest BCUT2D eigenvalue weighted by molar-refractivity contribution is 7.89. The highest BCUT2D eigenvalue weighted by Crippen LogP contribution is 2.17. The van der Waals surface area contributed by atoms with Crippen LogP contribution in [-0.2, 0) is 14.8 Å². The van der Waals surface area contributed by atoms with Crippen molar-refractivity contribution in [2.45, 2.75) is 44.6 Å². The zero-order chi connectivity index (χ0) is 17.6.